The summed E-state index contributed by atoms with van der Waals surface area (Å²) in [6, 6.07) is 0. The summed E-state index contributed by atoms with van der Waals surface area (Å²) in [6.45, 7) is 10.2. The van der Waals surface area contributed by atoms with Crippen LogP contribution in [-0.4, -0.2) is 58.4 Å². The van der Waals surface area contributed by atoms with Gasteiger partial charge in [-0.3, -0.25) is 4.79 Å². The molecule has 5 rings (SSSR count). The van der Waals surface area contributed by atoms with Crippen molar-refractivity contribution in [1.29, 1.82) is 0 Å². The zero-order valence-corrected chi connectivity index (χ0v) is 22.9. The fraction of sp³-hybridized carbons (Fsp3) is 0.724. The number of methoxy groups -OCH3 is 1. The lowest BCUT2D eigenvalue weighted by molar-refractivity contribution is -0.197. The number of ketones is 1. The fourth-order valence-corrected chi connectivity index (χ4v) is 9.04. The van der Waals surface area contributed by atoms with Crippen LogP contribution in [0.5, 0.6) is 0 Å². The summed E-state index contributed by atoms with van der Waals surface area (Å²) in [5, 5.41) is 21.7. The zero-order chi connectivity index (χ0) is 26.4. The Kier molecular flexibility index (Phi) is 6.19. The lowest BCUT2D eigenvalue weighted by Crippen LogP contribution is -2.71. The van der Waals surface area contributed by atoms with Gasteiger partial charge in [0.15, 0.2) is 5.78 Å². The minimum atomic E-state index is -1.67. The van der Waals surface area contributed by atoms with Crippen molar-refractivity contribution in [2.45, 2.75) is 96.0 Å². The second-order valence-electron chi connectivity index (χ2n) is 12.2. The first-order valence-corrected chi connectivity index (χ1v) is 13.7. The average molecular weight is 519 g/mol. The van der Waals surface area contributed by atoms with Crippen LogP contribution in [-0.2, 0) is 19.1 Å². The third-order valence-electron chi connectivity index (χ3n) is 11.1. The van der Waals surface area contributed by atoms with Crippen LogP contribution in [0.25, 0.3) is 0 Å². The van der Waals surface area contributed by atoms with E-state index >= 15 is 0 Å². The molecule has 0 amide bonds. The Labute approximate surface area is 218 Å². The molecule has 1 heterocycles. The standard InChI is InChI=1S/C29H39ClO6/c1-14(15(2)26(33)35-6)11-21-16(3)27(4)19-7-8-20-17(18(19)13-25(27)36-21)12-22(30)29(34)24(32)10-9-23(31)28(20,29)5/h9-10,16-17,20-22,24-25,32,34H,7-8,11-13H2,1-6H3/b15-14-/t16-,17+,20+,21+,22+,24+,25-,27+,28+,29+/m1/s1. The molecule has 0 aromatic carbocycles. The number of esters is 1. The van der Waals surface area contributed by atoms with Gasteiger partial charge in [0.1, 0.15) is 11.7 Å². The molecule has 0 bridgehead atoms. The number of carbonyl (C=O) groups is 2. The van der Waals surface area contributed by atoms with Gasteiger partial charge in [0.2, 0.25) is 0 Å². The first kappa shape index (κ1) is 26.1. The number of allylic oxidation sites excluding steroid dienone is 1. The molecule has 1 saturated carbocycles. The maximum atomic E-state index is 13.3. The van der Waals surface area contributed by atoms with Gasteiger partial charge in [-0.25, -0.2) is 4.79 Å². The number of rotatable bonds is 3. The molecule has 0 spiro atoms. The van der Waals surface area contributed by atoms with E-state index in [-0.39, 0.29) is 47.1 Å². The number of ether oxygens (including phenoxy) is 2. The summed E-state index contributed by atoms with van der Waals surface area (Å²) >= 11 is 6.83. The Bertz CT molecular complexity index is 1090. The topological polar surface area (TPSA) is 93.1 Å². The molecule has 2 fully saturated rings. The summed E-state index contributed by atoms with van der Waals surface area (Å²) in [5.74, 6) is -0.173. The molecule has 7 heteroatoms. The Balaban J connectivity index is 1.46. The number of fused-ring (bicyclic) bond motifs is 6. The summed E-state index contributed by atoms with van der Waals surface area (Å²) < 4.78 is 11.6. The fourth-order valence-electron chi connectivity index (χ4n) is 8.50. The lowest BCUT2D eigenvalue weighted by Gasteiger charge is -2.60. The maximum Gasteiger partial charge on any atom is 0.333 e. The number of alkyl halides is 1. The van der Waals surface area contributed by atoms with Gasteiger partial charge in [-0.15, -0.1) is 11.6 Å². The van der Waals surface area contributed by atoms with Gasteiger partial charge in [-0.1, -0.05) is 30.6 Å². The third-order valence-corrected chi connectivity index (χ3v) is 11.6. The van der Waals surface area contributed by atoms with E-state index in [1.807, 2.05) is 13.8 Å². The molecule has 0 unspecified atom stereocenters. The predicted molar refractivity (Wildman–Crippen MR) is 136 cm³/mol. The molecule has 10 atom stereocenters. The highest BCUT2D eigenvalue weighted by molar-refractivity contribution is 6.22. The molecule has 5 aliphatic rings. The van der Waals surface area contributed by atoms with Crippen molar-refractivity contribution < 1.29 is 29.3 Å². The molecule has 4 aliphatic carbocycles. The molecular formula is C29H39ClO6. The largest absolute Gasteiger partial charge is 0.466 e. The minimum absolute atomic E-state index is 0.0151. The van der Waals surface area contributed by atoms with Crippen LogP contribution in [0.3, 0.4) is 0 Å². The quantitative estimate of drug-likeness (QED) is 0.251. The Morgan fingerprint density at radius 1 is 1.31 bits per heavy atom. The molecule has 6 nitrogen and oxygen atoms in total. The average Bonchev–Trinajstić information content (AvgIpc) is 3.27. The van der Waals surface area contributed by atoms with E-state index in [0.717, 1.165) is 24.8 Å². The molecule has 198 valence electrons. The van der Waals surface area contributed by atoms with Crippen LogP contribution in [0.15, 0.2) is 34.4 Å². The molecule has 0 aromatic rings. The van der Waals surface area contributed by atoms with Crippen molar-refractivity contribution in [3.63, 3.8) is 0 Å². The van der Waals surface area contributed by atoms with Crippen LogP contribution in [0, 0.1) is 28.6 Å². The summed E-state index contributed by atoms with van der Waals surface area (Å²) in [4.78, 5) is 25.3. The summed E-state index contributed by atoms with van der Waals surface area (Å²) in [6.07, 6.45) is 5.38. The van der Waals surface area contributed by atoms with E-state index in [4.69, 9.17) is 21.1 Å². The zero-order valence-electron chi connectivity index (χ0n) is 22.1. The second kappa shape index (κ2) is 8.52. The van der Waals surface area contributed by atoms with E-state index < -0.39 is 22.5 Å². The molecular weight excluding hydrogens is 480 g/mol. The van der Waals surface area contributed by atoms with Gasteiger partial charge >= 0.3 is 5.97 Å². The van der Waals surface area contributed by atoms with Crippen LogP contribution in [0.4, 0.5) is 0 Å². The van der Waals surface area contributed by atoms with E-state index in [2.05, 4.69) is 13.8 Å². The number of hydrogen-bond donors (Lipinski definition) is 2. The van der Waals surface area contributed by atoms with Crippen LogP contribution < -0.4 is 0 Å². The van der Waals surface area contributed by atoms with Gasteiger partial charge in [-0.05, 0) is 82.8 Å². The van der Waals surface area contributed by atoms with Crippen molar-refractivity contribution in [3.05, 3.63) is 34.4 Å². The number of carbonyl (C=O) groups excluding carboxylic acids is 2. The normalized spacial score (nSPS) is 48.1. The molecule has 1 saturated heterocycles. The van der Waals surface area contributed by atoms with Crippen molar-refractivity contribution in [3.8, 4) is 0 Å². The number of hydrogen-bond acceptors (Lipinski definition) is 6. The highest BCUT2D eigenvalue weighted by Crippen LogP contribution is 2.67. The van der Waals surface area contributed by atoms with Crippen molar-refractivity contribution in [2.24, 2.45) is 28.6 Å². The van der Waals surface area contributed by atoms with Gasteiger partial charge < -0.3 is 19.7 Å². The Morgan fingerprint density at radius 3 is 2.67 bits per heavy atom. The van der Waals surface area contributed by atoms with Gasteiger partial charge in [-0.2, -0.15) is 0 Å². The molecule has 0 aromatic heterocycles. The second-order valence-corrected chi connectivity index (χ2v) is 12.7. The molecule has 2 N–H and O–H groups in total. The highest BCUT2D eigenvalue weighted by atomic mass is 35.5. The summed E-state index contributed by atoms with van der Waals surface area (Å²) in [5.41, 5.74) is 1.51. The van der Waals surface area contributed by atoms with Crippen molar-refractivity contribution in [1.82, 2.24) is 0 Å². The maximum absolute atomic E-state index is 13.3. The molecule has 36 heavy (non-hydrogen) atoms. The summed E-state index contributed by atoms with van der Waals surface area (Å²) in [7, 11) is 1.40. The van der Waals surface area contributed by atoms with E-state index in [0.29, 0.717) is 18.4 Å². The lowest BCUT2D eigenvalue weighted by atomic mass is 9.46. The smallest absolute Gasteiger partial charge is 0.333 e. The SMILES string of the molecule is COC(=O)/C(C)=C(/C)C[C@@H]1O[C@@H]2CC3=C(CC[C@H]4[C@H]3C[C@H](Cl)[C@]3(O)[C@@H](O)C=CC(=O)[C@]43C)[C@]2(C)[C@@H]1C. The Morgan fingerprint density at radius 2 is 2.00 bits per heavy atom. The van der Waals surface area contributed by atoms with Crippen molar-refractivity contribution in [2.75, 3.05) is 7.11 Å². The molecule has 0 radical (unpaired) electrons. The minimum Gasteiger partial charge on any atom is -0.466 e. The molecule has 1 aliphatic heterocycles. The van der Waals surface area contributed by atoms with Crippen LogP contribution in [0.2, 0.25) is 0 Å². The first-order chi connectivity index (χ1) is 16.8. The predicted octanol–water partition coefficient (Wildman–Crippen LogP) is 4.27. The van der Waals surface area contributed by atoms with E-state index in [1.165, 1.54) is 30.4 Å². The van der Waals surface area contributed by atoms with Gasteiger partial charge in [0, 0.05) is 11.0 Å². The van der Waals surface area contributed by atoms with Gasteiger partial charge in [0.05, 0.1) is 30.1 Å². The van der Waals surface area contributed by atoms with Crippen molar-refractivity contribution >= 4 is 23.4 Å². The number of halogens is 1. The highest BCUT2D eigenvalue weighted by Gasteiger charge is 2.70. The number of aliphatic hydroxyl groups excluding tert-OH is 1. The van der Waals surface area contributed by atoms with Gasteiger partial charge in [0.25, 0.3) is 0 Å². The third kappa shape index (κ3) is 3.14. The van der Waals surface area contributed by atoms with E-state index in [9.17, 15) is 19.8 Å². The van der Waals surface area contributed by atoms with Crippen LogP contribution >= 0.6 is 11.6 Å². The van der Waals surface area contributed by atoms with E-state index in [1.54, 1.807) is 6.92 Å². The number of aliphatic hydroxyl groups is 2. The Hall–Kier alpha value is -1.47. The first-order valence-electron chi connectivity index (χ1n) is 13.2. The monoisotopic (exact) mass is 518 g/mol. The van der Waals surface area contributed by atoms with Crippen LogP contribution in [0.1, 0.15) is 66.7 Å².